The van der Waals surface area contributed by atoms with Crippen molar-refractivity contribution < 1.29 is 4.79 Å². The summed E-state index contributed by atoms with van der Waals surface area (Å²) in [4.78, 5) is 20.7. The summed E-state index contributed by atoms with van der Waals surface area (Å²) in [6.45, 7) is 8.06. The maximum Gasteiger partial charge on any atom is 0.270 e. The predicted molar refractivity (Wildman–Crippen MR) is 88.8 cm³/mol. The molecule has 0 aliphatic rings. The molecule has 3 N–H and O–H groups in total. The van der Waals surface area contributed by atoms with Crippen LogP contribution in [0.4, 0.5) is 5.95 Å². The summed E-state index contributed by atoms with van der Waals surface area (Å²) < 4.78 is 1.78. The lowest BCUT2D eigenvalue weighted by molar-refractivity contribution is 0.0934. The van der Waals surface area contributed by atoms with Crippen LogP contribution in [0.25, 0.3) is 0 Å². The molecule has 7 heteroatoms. The number of nitrogens with one attached hydrogen (secondary N) is 1. The van der Waals surface area contributed by atoms with E-state index >= 15 is 0 Å². The Balaban J connectivity index is 2.17. The van der Waals surface area contributed by atoms with Gasteiger partial charge < -0.3 is 11.1 Å². The molecule has 0 saturated carbocycles. The smallest absolute Gasteiger partial charge is 0.270 e. The maximum absolute atomic E-state index is 12.5. The molecule has 0 spiro atoms. The first-order chi connectivity index (χ1) is 10.8. The lowest BCUT2D eigenvalue weighted by atomic mass is 10.1. The van der Waals surface area contributed by atoms with Crippen LogP contribution in [0.1, 0.15) is 54.3 Å². The summed E-state index contributed by atoms with van der Waals surface area (Å²) in [5.41, 5.74) is 8.79. The first-order valence-electron chi connectivity index (χ1n) is 7.70. The van der Waals surface area contributed by atoms with Crippen LogP contribution in [0.3, 0.4) is 0 Å². The van der Waals surface area contributed by atoms with E-state index in [1.807, 2.05) is 20.9 Å². The Morgan fingerprint density at radius 2 is 2.04 bits per heavy atom. The number of aromatic nitrogens is 4. The number of carbonyl (C=O) groups excluding carboxylic acids is 1. The minimum atomic E-state index is -0.264. The molecular formula is C16H24N6O. The van der Waals surface area contributed by atoms with E-state index in [4.69, 9.17) is 5.73 Å². The van der Waals surface area contributed by atoms with Gasteiger partial charge in [-0.05, 0) is 32.3 Å². The maximum atomic E-state index is 12.5. The van der Waals surface area contributed by atoms with Crippen LogP contribution < -0.4 is 11.1 Å². The van der Waals surface area contributed by atoms with Gasteiger partial charge in [0.1, 0.15) is 5.69 Å². The first kappa shape index (κ1) is 16.9. The van der Waals surface area contributed by atoms with Gasteiger partial charge in [-0.3, -0.25) is 9.48 Å². The van der Waals surface area contributed by atoms with Gasteiger partial charge in [0.05, 0.1) is 12.2 Å². The number of nitrogen functional groups attached to an aromatic ring is 1. The zero-order valence-electron chi connectivity index (χ0n) is 14.3. The molecule has 0 unspecified atom stereocenters. The number of anilines is 1. The van der Waals surface area contributed by atoms with Crippen molar-refractivity contribution in [3.05, 3.63) is 34.9 Å². The van der Waals surface area contributed by atoms with Crippen molar-refractivity contribution in [1.82, 2.24) is 25.1 Å². The molecule has 124 valence electrons. The number of nitrogens with two attached hydrogens (primary N) is 1. The molecule has 0 fully saturated rings. The Hall–Kier alpha value is -2.44. The Morgan fingerprint density at radius 1 is 1.35 bits per heavy atom. The summed E-state index contributed by atoms with van der Waals surface area (Å²) in [7, 11) is 1.87. The normalized spacial score (nSPS) is 12.4. The molecule has 2 heterocycles. The van der Waals surface area contributed by atoms with Crippen molar-refractivity contribution in [2.75, 3.05) is 5.73 Å². The molecule has 0 aliphatic heterocycles. The minimum Gasteiger partial charge on any atom is -0.368 e. The van der Waals surface area contributed by atoms with Gasteiger partial charge in [-0.1, -0.05) is 13.8 Å². The minimum absolute atomic E-state index is 0.124. The van der Waals surface area contributed by atoms with Gasteiger partial charge in [-0.15, -0.1) is 0 Å². The lowest BCUT2D eigenvalue weighted by Crippen LogP contribution is -2.28. The van der Waals surface area contributed by atoms with Crippen molar-refractivity contribution in [2.24, 2.45) is 13.0 Å². The van der Waals surface area contributed by atoms with Crippen LogP contribution >= 0.6 is 0 Å². The molecule has 0 radical (unpaired) electrons. The van der Waals surface area contributed by atoms with Crippen LogP contribution in [-0.4, -0.2) is 25.7 Å². The van der Waals surface area contributed by atoms with Gasteiger partial charge in [-0.25, -0.2) is 9.97 Å². The quantitative estimate of drug-likeness (QED) is 0.876. The second kappa shape index (κ2) is 6.76. The van der Waals surface area contributed by atoms with Gasteiger partial charge in [0, 0.05) is 24.0 Å². The van der Waals surface area contributed by atoms with E-state index in [9.17, 15) is 4.79 Å². The molecule has 1 amide bonds. The summed E-state index contributed by atoms with van der Waals surface area (Å²) >= 11 is 0. The van der Waals surface area contributed by atoms with E-state index in [1.165, 1.54) is 0 Å². The van der Waals surface area contributed by atoms with Gasteiger partial charge in [-0.2, -0.15) is 5.10 Å². The van der Waals surface area contributed by atoms with Crippen LogP contribution in [0, 0.1) is 12.8 Å². The van der Waals surface area contributed by atoms with E-state index in [2.05, 4.69) is 34.2 Å². The van der Waals surface area contributed by atoms with Crippen molar-refractivity contribution >= 4 is 11.9 Å². The molecule has 2 aromatic rings. The number of nitrogens with zero attached hydrogens (tertiary/aromatic N) is 4. The highest BCUT2D eigenvalue weighted by Gasteiger charge is 2.17. The molecule has 0 aliphatic carbocycles. The fourth-order valence-corrected chi connectivity index (χ4v) is 2.45. The van der Waals surface area contributed by atoms with Crippen LogP contribution in [0.2, 0.25) is 0 Å². The van der Waals surface area contributed by atoms with Gasteiger partial charge >= 0.3 is 0 Å². The zero-order chi connectivity index (χ0) is 17.1. The number of amides is 1. The lowest BCUT2D eigenvalue weighted by Gasteiger charge is -2.14. The Kier molecular flexibility index (Phi) is 4.98. The van der Waals surface area contributed by atoms with Gasteiger partial charge in [0.2, 0.25) is 5.95 Å². The highest BCUT2D eigenvalue weighted by molar-refractivity contribution is 5.92. The number of hydrogen-bond acceptors (Lipinski definition) is 5. The summed E-state index contributed by atoms with van der Waals surface area (Å²) in [5.74, 6) is 0.288. The third kappa shape index (κ3) is 4.06. The molecule has 0 bridgehead atoms. The van der Waals surface area contributed by atoms with Crippen LogP contribution in [0.5, 0.6) is 0 Å². The number of aryl methyl sites for hydroxylation is 1. The summed E-state index contributed by atoms with van der Waals surface area (Å²) in [6.07, 6.45) is 2.52. The van der Waals surface area contributed by atoms with Crippen molar-refractivity contribution in [1.29, 1.82) is 0 Å². The van der Waals surface area contributed by atoms with Gasteiger partial charge in [0.15, 0.2) is 0 Å². The topological polar surface area (TPSA) is 98.7 Å². The number of hydrogen-bond donors (Lipinski definition) is 2. The van der Waals surface area contributed by atoms with Crippen LogP contribution in [0.15, 0.2) is 12.3 Å². The fourth-order valence-electron chi connectivity index (χ4n) is 2.45. The third-order valence-electron chi connectivity index (χ3n) is 3.73. The highest BCUT2D eigenvalue weighted by Crippen LogP contribution is 2.17. The Morgan fingerprint density at radius 3 is 2.61 bits per heavy atom. The summed E-state index contributed by atoms with van der Waals surface area (Å²) in [5, 5.41) is 7.13. The number of carbonyl (C=O) groups is 1. The highest BCUT2D eigenvalue weighted by atomic mass is 16.1. The van der Waals surface area contributed by atoms with E-state index in [0.717, 1.165) is 23.4 Å². The van der Waals surface area contributed by atoms with E-state index in [0.29, 0.717) is 11.6 Å². The predicted octanol–water partition coefficient (Wildman–Crippen LogP) is 1.79. The Labute approximate surface area is 136 Å². The average molecular weight is 316 g/mol. The SMILES string of the molecule is Cc1c([C@H](C)NC(=O)c2cc(CC(C)C)nc(N)n2)cnn1C. The molecule has 7 nitrogen and oxygen atoms in total. The Bertz CT molecular complexity index is 707. The molecule has 2 rings (SSSR count). The van der Waals surface area contributed by atoms with E-state index in [-0.39, 0.29) is 17.9 Å². The molecule has 23 heavy (non-hydrogen) atoms. The average Bonchev–Trinajstić information content (AvgIpc) is 2.77. The molecular weight excluding hydrogens is 292 g/mol. The second-order valence-corrected chi connectivity index (χ2v) is 6.20. The number of rotatable bonds is 5. The van der Waals surface area contributed by atoms with Gasteiger partial charge in [0.25, 0.3) is 5.91 Å². The second-order valence-electron chi connectivity index (χ2n) is 6.20. The van der Waals surface area contributed by atoms with Crippen molar-refractivity contribution in [3.8, 4) is 0 Å². The fraction of sp³-hybridized carbons (Fsp3) is 0.500. The molecule has 0 saturated heterocycles. The van der Waals surface area contributed by atoms with Crippen LogP contribution in [-0.2, 0) is 13.5 Å². The standard InChI is InChI=1S/C16H24N6O/c1-9(2)6-12-7-14(21-16(17)20-12)15(23)19-10(3)13-8-18-22(5)11(13)4/h7-10H,6H2,1-5H3,(H,19,23)(H2,17,20,21)/t10-/m0/s1. The monoisotopic (exact) mass is 316 g/mol. The first-order valence-corrected chi connectivity index (χ1v) is 7.70. The zero-order valence-corrected chi connectivity index (χ0v) is 14.3. The summed E-state index contributed by atoms with van der Waals surface area (Å²) in [6, 6.07) is 1.54. The molecule has 1 atom stereocenters. The molecule has 2 aromatic heterocycles. The van der Waals surface area contributed by atoms with E-state index < -0.39 is 0 Å². The van der Waals surface area contributed by atoms with Crippen molar-refractivity contribution in [2.45, 2.75) is 40.2 Å². The third-order valence-corrected chi connectivity index (χ3v) is 3.73. The van der Waals surface area contributed by atoms with Crippen molar-refractivity contribution in [3.63, 3.8) is 0 Å². The van der Waals surface area contributed by atoms with E-state index in [1.54, 1.807) is 16.9 Å². The largest absolute Gasteiger partial charge is 0.368 e. The molecule has 0 aromatic carbocycles.